The molecule has 1 aromatic carbocycles. The number of hydrogen-bond acceptors (Lipinski definition) is 2. The highest BCUT2D eigenvalue weighted by Crippen LogP contribution is 2.11. The second kappa shape index (κ2) is 6.45. The van der Waals surface area contributed by atoms with Crippen LogP contribution in [0.2, 0.25) is 0 Å². The van der Waals surface area contributed by atoms with E-state index in [4.69, 9.17) is 4.74 Å². The van der Waals surface area contributed by atoms with Crippen molar-refractivity contribution >= 4 is 21.8 Å². The van der Waals surface area contributed by atoms with Crippen LogP contribution in [0.15, 0.2) is 24.3 Å². The summed E-state index contributed by atoms with van der Waals surface area (Å²) in [5, 5.41) is 3.04. The number of hydrogen-bond donors (Lipinski definition) is 1. The summed E-state index contributed by atoms with van der Waals surface area (Å²) in [6.45, 7) is 3.03. The Hall–Kier alpha value is -1.03. The van der Waals surface area contributed by atoms with Crippen molar-refractivity contribution in [1.29, 1.82) is 0 Å². The molecule has 1 aromatic rings. The first kappa shape index (κ1) is 12.0. The molecule has 0 saturated heterocycles. The first-order valence-electron chi connectivity index (χ1n) is 4.74. The molecule has 0 spiro atoms. The lowest BCUT2D eigenvalue weighted by Crippen LogP contribution is -2.28. The summed E-state index contributed by atoms with van der Waals surface area (Å²) in [7, 11) is 0. The Balaban J connectivity index is 2.23. The van der Waals surface area contributed by atoms with Gasteiger partial charge in [-0.2, -0.15) is 0 Å². The lowest BCUT2D eigenvalue weighted by molar-refractivity contribution is -0.118. The van der Waals surface area contributed by atoms with Crippen LogP contribution in [0.5, 0.6) is 5.75 Å². The summed E-state index contributed by atoms with van der Waals surface area (Å²) in [6, 6.07) is 7.83. The van der Waals surface area contributed by atoms with E-state index in [2.05, 4.69) is 21.2 Å². The van der Waals surface area contributed by atoms with Crippen molar-refractivity contribution in [2.24, 2.45) is 0 Å². The molecule has 1 rings (SSSR count). The van der Waals surface area contributed by atoms with Gasteiger partial charge in [0.05, 0.1) is 11.9 Å². The maximum atomic E-state index is 10.9. The average molecular weight is 272 g/mol. The van der Waals surface area contributed by atoms with Gasteiger partial charge in [-0.3, -0.25) is 4.79 Å². The number of rotatable bonds is 5. The molecule has 0 bridgehead atoms. The standard InChI is InChI=1S/C11H14BrNO2/c1-9-3-2-4-10(7-9)15-6-5-13-11(14)8-12/h2-4,7H,5-6,8H2,1H3,(H,13,14). The van der Waals surface area contributed by atoms with Crippen molar-refractivity contribution in [3.63, 3.8) is 0 Å². The van der Waals surface area contributed by atoms with Crippen LogP contribution in [0, 0.1) is 6.92 Å². The number of benzene rings is 1. The molecule has 0 heterocycles. The van der Waals surface area contributed by atoms with Gasteiger partial charge in [0.2, 0.25) is 5.91 Å². The zero-order valence-corrected chi connectivity index (χ0v) is 10.2. The number of aryl methyl sites for hydroxylation is 1. The third-order valence-electron chi connectivity index (χ3n) is 1.80. The molecule has 15 heavy (non-hydrogen) atoms. The Morgan fingerprint density at radius 1 is 1.53 bits per heavy atom. The predicted molar refractivity (Wildman–Crippen MR) is 63.5 cm³/mol. The molecule has 0 aromatic heterocycles. The van der Waals surface area contributed by atoms with Gasteiger partial charge in [0.25, 0.3) is 0 Å². The fourth-order valence-electron chi connectivity index (χ4n) is 1.11. The summed E-state index contributed by atoms with van der Waals surface area (Å²) < 4.78 is 5.45. The van der Waals surface area contributed by atoms with Crippen LogP contribution >= 0.6 is 15.9 Å². The molecule has 0 atom stereocenters. The van der Waals surface area contributed by atoms with Gasteiger partial charge in [-0.25, -0.2) is 0 Å². The smallest absolute Gasteiger partial charge is 0.230 e. The van der Waals surface area contributed by atoms with Crippen molar-refractivity contribution in [2.75, 3.05) is 18.5 Å². The largest absolute Gasteiger partial charge is 0.492 e. The van der Waals surface area contributed by atoms with E-state index < -0.39 is 0 Å². The summed E-state index contributed by atoms with van der Waals surface area (Å²) >= 11 is 3.07. The third-order valence-corrected chi connectivity index (χ3v) is 2.31. The molecule has 1 N–H and O–H groups in total. The van der Waals surface area contributed by atoms with Crippen LogP contribution in [-0.4, -0.2) is 24.4 Å². The minimum Gasteiger partial charge on any atom is -0.492 e. The second-order valence-electron chi connectivity index (χ2n) is 3.15. The second-order valence-corrected chi connectivity index (χ2v) is 3.71. The van der Waals surface area contributed by atoms with E-state index in [9.17, 15) is 4.79 Å². The SMILES string of the molecule is Cc1cccc(OCCNC(=O)CBr)c1. The normalized spacial score (nSPS) is 9.73. The minimum absolute atomic E-state index is 0.0251. The zero-order chi connectivity index (χ0) is 11.1. The molecule has 82 valence electrons. The first-order valence-corrected chi connectivity index (χ1v) is 5.86. The van der Waals surface area contributed by atoms with Crippen LogP contribution < -0.4 is 10.1 Å². The Morgan fingerprint density at radius 2 is 2.33 bits per heavy atom. The van der Waals surface area contributed by atoms with Crippen molar-refractivity contribution in [2.45, 2.75) is 6.92 Å². The molecule has 0 radical (unpaired) electrons. The molecule has 0 saturated carbocycles. The molecule has 0 aliphatic rings. The van der Waals surface area contributed by atoms with Crippen LogP contribution in [0.4, 0.5) is 0 Å². The number of alkyl halides is 1. The van der Waals surface area contributed by atoms with Crippen molar-refractivity contribution in [3.8, 4) is 5.75 Å². The summed E-state index contributed by atoms with van der Waals surface area (Å²) in [4.78, 5) is 10.9. The van der Waals surface area contributed by atoms with E-state index in [1.54, 1.807) is 0 Å². The van der Waals surface area contributed by atoms with E-state index in [0.717, 1.165) is 11.3 Å². The van der Waals surface area contributed by atoms with Crippen molar-refractivity contribution in [1.82, 2.24) is 5.32 Å². The Bertz CT molecular complexity index is 328. The van der Waals surface area contributed by atoms with E-state index in [0.29, 0.717) is 18.5 Å². The van der Waals surface area contributed by atoms with Crippen LogP contribution in [0.25, 0.3) is 0 Å². The molecule has 3 nitrogen and oxygen atoms in total. The van der Waals surface area contributed by atoms with Gasteiger partial charge in [-0.1, -0.05) is 28.1 Å². The zero-order valence-electron chi connectivity index (χ0n) is 8.63. The fraction of sp³-hybridized carbons (Fsp3) is 0.364. The van der Waals surface area contributed by atoms with Crippen molar-refractivity contribution in [3.05, 3.63) is 29.8 Å². The topological polar surface area (TPSA) is 38.3 Å². The van der Waals surface area contributed by atoms with Gasteiger partial charge in [-0.15, -0.1) is 0 Å². The maximum Gasteiger partial charge on any atom is 0.230 e. The molecule has 4 heteroatoms. The van der Waals surface area contributed by atoms with Crippen LogP contribution in [0.3, 0.4) is 0 Å². The molecule has 0 aliphatic carbocycles. The van der Waals surface area contributed by atoms with E-state index >= 15 is 0 Å². The predicted octanol–water partition coefficient (Wildman–Crippen LogP) is 1.88. The van der Waals surface area contributed by atoms with Gasteiger partial charge in [0, 0.05) is 0 Å². The lowest BCUT2D eigenvalue weighted by Gasteiger charge is -2.07. The van der Waals surface area contributed by atoms with Gasteiger partial charge in [0.1, 0.15) is 12.4 Å². The molecular formula is C11H14BrNO2. The molecule has 0 unspecified atom stereocenters. The van der Waals surface area contributed by atoms with Gasteiger partial charge in [-0.05, 0) is 24.6 Å². The van der Waals surface area contributed by atoms with Gasteiger partial charge in [0.15, 0.2) is 0 Å². The highest BCUT2D eigenvalue weighted by molar-refractivity contribution is 9.09. The summed E-state index contributed by atoms with van der Waals surface area (Å²) in [6.07, 6.45) is 0. The van der Waals surface area contributed by atoms with Crippen molar-refractivity contribution < 1.29 is 9.53 Å². The Kier molecular flexibility index (Phi) is 5.18. The highest BCUT2D eigenvalue weighted by atomic mass is 79.9. The molecule has 0 aliphatic heterocycles. The number of carbonyl (C=O) groups excluding carboxylic acids is 1. The third kappa shape index (κ3) is 4.83. The Morgan fingerprint density at radius 3 is 3.00 bits per heavy atom. The number of amides is 1. The molecule has 0 fully saturated rings. The molecule has 1 amide bonds. The van der Waals surface area contributed by atoms with Gasteiger partial charge >= 0.3 is 0 Å². The van der Waals surface area contributed by atoms with Crippen LogP contribution in [0.1, 0.15) is 5.56 Å². The molecular weight excluding hydrogens is 258 g/mol. The van der Waals surface area contributed by atoms with Crippen LogP contribution in [-0.2, 0) is 4.79 Å². The maximum absolute atomic E-state index is 10.9. The van der Waals surface area contributed by atoms with E-state index in [-0.39, 0.29) is 5.91 Å². The highest BCUT2D eigenvalue weighted by Gasteiger charge is 1.97. The minimum atomic E-state index is -0.0251. The number of carbonyl (C=O) groups is 1. The Labute approximate surface area is 97.9 Å². The fourth-order valence-corrected chi connectivity index (χ4v) is 1.31. The first-order chi connectivity index (χ1) is 7.22. The van der Waals surface area contributed by atoms with E-state index in [1.807, 2.05) is 31.2 Å². The average Bonchev–Trinajstić information content (AvgIpc) is 2.24. The number of ether oxygens (including phenoxy) is 1. The number of nitrogens with one attached hydrogen (secondary N) is 1. The van der Waals surface area contributed by atoms with E-state index in [1.165, 1.54) is 0 Å². The number of halogens is 1. The quantitative estimate of drug-likeness (QED) is 0.656. The lowest BCUT2D eigenvalue weighted by atomic mass is 10.2. The van der Waals surface area contributed by atoms with Gasteiger partial charge < -0.3 is 10.1 Å². The summed E-state index contributed by atoms with van der Waals surface area (Å²) in [5.74, 6) is 0.811. The summed E-state index contributed by atoms with van der Waals surface area (Å²) in [5.41, 5.74) is 1.16. The monoisotopic (exact) mass is 271 g/mol.